The predicted molar refractivity (Wildman–Crippen MR) is 160 cm³/mol. The standard InChI is InChI=1S/C34H33NOSi/c1-22-21-35-32(20-24(22)19-25-10-6-7-18-37(25,2)3)31-13-8-12-28-30-17-16-27-26-11-5-4-9-23(26)14-15-29(27)33(30)36-34(28)31/h4-5,8-9,11-17,20-21,25H,6-7,10,18-19H2,1-3H3/i1D3,19D2. The third-order valence-corrected chi connectivity index (χ3v) is 12.4. The first-order valence-electron chi connectivity index (χ1n) is 15.7. The van der Waals surface area contributed by atoms with Crippen LogP contribution in [0, 0.1) is 6.85 Å². The summed E-state index contributed by atoms with van der Waals surface area (Å²) in [7, 11) is -1.93. The van der Waals surface area contributed by atoms with Gasteiger partial charge in [-0.15, -0.1) is 0 Å². The zero-order valence-electron chi connectivity index (χ0n) is 26.3. The quantitative estimate of drug-likeness (QED) is 0.177. The molecule has 184 valence electrons. The van der Waals surface area contributed by atoms with Crippen LogP contribution in [0.25, 0.3) is 54.7 Å². The second-order valence-electron chi connectivity index (χ2n) is 11.2. The SMILES string of the molecule is [2H]C([2H])([2H])c1cnc(-c2cccc3c2oc2c3ccc3c4ccccc4ccc32)cc1C([2H])([2H])C1CCCC[Si]1(C)C. The summed E-state index contributed by atoms with van der Waals surface area (Å²) in [4.78, 5) is 4.62. The molecule has 0 saturated carbocycles. The first-order valence-corrected chi connectivity index (χ1v) is 16.5. The molecule has 3 heteroatoms. The molecule has 0 aliphatic carbocycles. The van der Waals surface area contributed by atoms with Crippen LogP contribution in [0.2, 0.25) is 24.7 Å². The number of hydrogen-bond donors (Lipinski definition) is 0. The van der Waals surface area contributed by atoms with Crippen molar-refractivity contribution in [3.05, 3.63) is 90.1 Å². The fourth-order valence-corrected chi connectivity index (χ4v) is 9.26. The van der Waals surface area contributed by atoms with Crippen LogP contribution in [-0.2, 0) is 6.37 Å². The van der Waals surface area contributed by atoms with Gasteiger partial charge in [-0.3, -0.25) is 4.98 Å². The third kappa shape index (κ3) is 3.71. The number of fused-ring (bicyclic) bond motifs is 7. The number of rotatable bonds is 3. The highest BCUT2D eigenvalue weighted by atomic mass is 28.3. The van der Waals surface area contributed by atoms with Crippen LogP contribution in [0.4, 0.5) is 0 Å². The van der Waals surface area contributed by atoms with E-state index < -0.39 is 21.3 Å². The zero-order chi connectivity index (χ0) is 29.4. The highest BCUT2D eigenvalue weighted by Gasteiger charge is 2.34. The Morgan fingerprint density at radius 1 is 0.892 bits per heavy atom. The molecule has 1 saturated heterocycles. The van der Waals surface area contributed by atoms with Gasteiger partial charge < -0.3 is 4.42 Å². The summed E-state index contributed by atoms with van der Waals surface area (Å²) in [6.45, 7) is 2.02. The molecule has 1 atom stereocenters. The van der Waals surface area contributed by atoms with Gasteiger partial charge >= 0.3 is 0 Å². The summed E-state index contributed by atoms with van der Waals surface area (Å²) in [6, 6.07) is 25.5. The van der Waals surface area contributed by atoms with Gasteiger partial charge in [-0.1, -0.05) is 86.9 Å². The number of nitrogens with zero attached hydrogens (tertiary/aromatic N) is 1. The van der Waals surface area contributed by atoms with Gasteiger partial charge in [0.25, 0.3) is 0 Å². The number of aromatic nitrogens is 1. The maximum atomic E-state index is 9.40. The van der Waals surface area contributed by atoms with Gasteiger partial charge in [0, 0.05) is 34.8 Å². The molecule has 3 heterocycles. The van der Waals surface area contributed by atoms with Crippen LogP contribution >= 0.6 is 0 Å². The minimum atomic E-state index is -2.47. The first kappa shape index (κ1) is 17.9. The van der Waals surface area contributed by atoms with Gasteiger partial charge in [0.15, 0.2) is 0 Å². The molecule has 0 bridgehead atoms. The predicted octanol–water partition coefficient (Wildman–Crippen LogP) is 10.1. The van der Waals surface area contributed by atoms with Crippen molar-refractivity contribution in [1.29, 1.82) is 0 Å². The minimum absolute atomic E-state index is 0.00118. The van der Waals surface area contributed by atoms with Crippen molar-refractivity contribution in [2.24, 2.45) is 0 Å². The average Bonchev–Trinajstić information content (AvgIpc) is 3.35. The smallest absolute Gasteiger partial charge is 0.144 e. The van der Waals surface area contributed by atoms with E-state index in [0.29, 0.717) is 11.3 Å². The number of benzene rings is 4. The van der Waals surface area contributed by atoms with Gasteiger partial charge in [-0.25, -0.2) is 0 Å². The Morgan fingerprint density at radius 2 is 1.68 bits per heavy atom. The minimum Gasteiger partial charge on any atom is -0.455 e. The maximum Gasteiger partial charge on any atom is 0.144 e. The lowest BCUT2D eigenvalue weighted by molar-refractivity contribution is 0.602. The lowest BCUT2D eigenvalue weighted by Gasteiger charge is -2.37. The topological polar surface area (TPSA) is 26.0 Å². The van der Waals surface area contributed by atoms with E-state index in [2.05, 4.69) is 54.5 Å². The van der Waals surface area contributed by atoms with E-state index in [9.17, 15) is 2.74 Å². The second kappa shape index (κ2) is 8.56. The Kier molecular flexibility index (Phi) is 4.15. The monoisotopic (exact) mass is 504 g/mol. The molecule has 0 spiro atoms. The molecule has 37 heavy (non-hydrogen) atoms. The number of pyridine rings is 1. The lowest BCUT2D eigenvalue weighted by Crippen LogP contribution is -2.36. The number of furan rings is 1. The van der Waals surface area contributed by atoms with E-state index in [4.69, 9.17) is 8.53 Å². The number of hydrogen-bond acceptors (Lipinski definition) is 2. The highest BCUT2D eigenvalue weighted by Crippen LogP contribution is 2.42. The molecule has 7 rings (SSSR count). The summed E-state index contributed by atoms with van der Waals surface area (Å²) < 4.78 is 50.2. The van der Waals surface area contributed by atoms with Gasteiger partial charge in [0.05, 0.1) is 13.8 Å². The summed E-state index contributed by atoms with van der Waals surface area (Å²) >= 11 is 0. The van der Waals surface area contributed by atoms with E-state index in [1.807, 2.05) is 30.3 Å². The Balaban J connectivity index is 1.45. The highest BCUT2D eigenvalue weighted by molar-refractivity contribution is 6.79. The molecule has 0 N–H and O–H groups in total. The summed E-state index contributed by atoms with van der Waals surface area (Å²) in [5.41, 5.74) is 2.79. The van der Waals surface area contributed by atoms with Crippen molar-refractivity contribution >= 4 is 51.6 Å². The lowest BCUT2D eigenvalue weighted by atomic mass is 9.98. The largest absolute Gasteiger partial charge is 0.455 e. The fourth-order valence-electron chi connectivity index (χ4n) is 6.22. The molecular formula is C34H33NOSi. The molecule has 1 aliphatic heterocycles. The fraction of sp³-hybridized carbons (Fsp3) is 0.265. The zero-order valence-corrected chi connectivity index (χ0v) is 22.3. The van der Waals surface area contributed by atoms with Crippen molar-refractivity contribution in [1.82, 2.24) is 4.98 Å². The van der Waals surface area contributed by atoms with Crippen LogP contribution in [0.3, 0.4) is 0 Å². The van der Waals surface area contributed by atoms with E-state index in [-0.39, 0.29) is 16.7 Å². The molecular weight excluding hydrogens is 466 g/mol. The summed E-state index contributed by atoms with van der Waals surface area (Å²) in [5.74, 6) is 0. The van der Waals surface area contributed by atoms with Crippen molar-refractivity contribution in [2.45, 2.75) is 57.2 Å². The van der Waals surface area contributed by atoms with E-state index in [1.165, 1.54) is 17.0 Å². The number of para-hydroxylation sites is 1. The molecule has 2 nitrogen and oxygen atoms in total. The Morgan fingerprint density at radius 3 is 2.57 bits per heavy atom. The van der Waals surface area contributed by atoms with Crippen LogP contribution in [0.1, 0.15) is 37.2 Å². The van der Waals surface area contributed by atoms with Crippen molar-refractivity contribution < 1.29 is 11.3 Å². The van der Waals surface area contributed by atoms with Crippen LogP contribution < -0.4 is 0 Å². The maximum absolute atomic E-state index is 9.40. The molecule has 4 aromatic carbocycles. The van der Waals surface area contributed by atoms with Gasteiger partial charge in [0.1, 0.15) is 11.2 Å². The Bertz CT molecular complexity index is 2010. The molecule has 0 amide bonds. The van der Waals surface area contributed by atoms with Crippen molar-refractivity contribution in [3.63, 3.8) is 0 Å². The molecule has 0 radical (unpaired) electrons. The summed E-state index contributed by atoms with van der Waals surface area (Å²) in [6.07, 6.45) is 2.47. The van der Waals surface area contributed by atoms with Crippen molar-refractivity contribution in [2.75, 3.05) is 0 Å². The van der Waals surface area contributed by atoms with Crippen LogP contribution in [0.15, 0.2) is 83.4 Å². The van der Waals surface area contributed by atoms with Crippen molar-refractivity contribution in [3.8, 4) is 11.3 Å². The first-order chi connectivity index (χ1) is 20.0. The van der Waals surface area contributed by atoms with Gasteiger partial charge in [-0.05, 0) is 70.3 Å². The number of aryl methyl sites for hydroxylation is 1. The Hall–Kier alpha value is -3.43. The van der Waals surface area contributed by atoms with Crippen LogP contribution in [0.5, 0.6) is 0 Å². The molecule has 2 aromatic heterocycles. The normalized spacial score (nSPS) is 20.5. The van der Waals surface area contributed by atoms with E-state index in [0.717, 1.165) is 58.0 Å². The summed E-state index contributed by atoms with van der Waals surface area (Å²) in [5, 5.41) is 6.44. The molecule has 1 aliphatic rings. The van der Waals surface area contributed by atoms with Crippen LogP contribution in [-0.4, -0.2) is 13.1 Å². The van der Waals surface area contributed by atoms with Gasteiger partial charge in [0.2, 0.25) is 0 Å². The Labute approximate surface area is 226 Å². The average molecular weight is 505 g/mol. The third-order valence-electron chi connectivity index (χ3n) is 8.40. The van der Waals surface area contributed by atoms with E-state index in [1.54, 1.807) is 6.07 Å². The molecule has 1 unspecified atom stereocenters. The van der Waals surface area contributed by atoms with E-state index >= 15 is 0 Å². The van der Waals surface area contributed by atoms with Gasteiger partial charge in [-0.2, -0.15) is 0 Å². The second-order valence-corrected chi connectivity index (χ2v) is 16.3. The molecule has 6 aromatic rings. The molecule has 1 fully saturated rings.